The largest absolute Gasteiger partial charge is 0.342 e. The van der Waals surface area contributed by atoms with Gasteiger partial charge in [-0.05, 0) is 26.7 Å². The molecule has 0 aliphatic carbocycles. The van der Waals surface area contributed by atoms with Crippen molar-refractivity contribution in [2.45, 2.75) is 46.1 Å². The zero-order valence-electron chi connectivity index (χ0n) is 10.7. The normalized spacial score (nSPS) is 11.8. The average molecular weight is 222 g/mol. The highest BCUT2D eigenvalue weighted by Crippen LogP contribution is 2.26. The topological polar surface area (TPSA) is 48.0 Å². The Morgan fingerprint density at radius 2 is 1.62 bits per heavy atom. The van der Waals surface area contributed by atoms with Crippen LogP contribution in [0.1, 0.15) is 38.1 Å². The predicted molar refractivity (Wildman–Crippen MR) is 67.8 cm³/mol. The Morgan fingerprint density at radius 1 is 1.19 bits per heavy atom. The molecule has 0 unspecified atom stereocenters. The highest BCUT2D eigenvalue weighted by molar-refractivity contribution is 5.16. The van der Waals surface area contributed by atoms with Gasteiger partial charge in [-0.1, -0.05) is 13.8 Å². The Hall–Kier alpha value is -1.09. The van der Waals surface area contributed by atoms with Crippen molar-refractivity contribution >= 4 is 0 Å². The highest BCUT2D eigenvalue weighted by atomic mass is 16.1. The second-order valence-corrected chi connectivity index (χ2v) is 4.44. The van der Waals surface area contributed by atoms with Crippen LogP contribution in [-0.4, -0.2) is 11.1 Å². The van der Waals surface area contributed by atoms with Crippen LogP contribution in [0.3, 0.4) is 0 Å². The third kappa shape index (κ3) is 2.05. The van der Waals surface area contributed by atoms with Gasteiger partial charge in [-0.3, -0.25) is 4.79 Å². The van der Waals surface area contributed by atoms with Crippen LogP contribution >= 0.6 is 0 Å². The lowest BCUT2D eigenvalue weighted by Gasteiger charge is -2.37. The van der Waals surface area contributed by atoms with Crippen LogP contribution in [-0.2, 0) is 5.54 Å². The second-order valence-electron chi connectivity index (χ2n) is 4.44. The Kier molecular flexibility index (Phi) is 3.92. The van der Waals surface area contributed by atoms with Gasteiger partial charge in [0.15, 0.2) is 5.43 Å². The summed E-state index contributed by atoms with van der Waals surface area (Å²) in [5.41, 5.74) is 7.96. The van der Waals surface area contributed by atoms with E-state index in [0.29, 0.717) is 6.54 Å². The van der Waals surface area contributed by atoms with Crippen LogP contribution in [0.2, 0.25) is 0 Å². The summed E-state index contributed by atoms with van der Waals surface area (Å²) >= 11 is 0. The molecule has 3 nitrogen and oxygen atoms in total. The third-order valence-electron chi connectivity index (χ3n) is 3.58. The predicted octanol–water partition coefficient (Wildman–Crippen LogP) is 1.94. The van der Waals surface area contributed by atoms with Gasteiger partial charge in [-0.25, -0.2) is 0 Å². The summed E-state index contributed by atoms with van der Waals surface area (Å²) in [6.45, 7) is 8.85. The van der Waals surface area contributed by atoms with Crippen LogP contribution in [0.15, 0.2) is 16.9 Å². The summed E-state index contributed by atoms with van der Waals surface area (Å²) in [7, 11) is 0. The molecule has 0 amide bonds. The SMILES string of the molecule is CCC(CC)(CN)n1c(C)cc(=O)cc1C. The van der Waals surface area contributed by atoms with Gasteiger partial charge in [0, 0.05) is 30.1 Å². The standard InChI is InChI=1S/C13H22N2O/c1-5-13(6-2,9-14)15-10(3)7-12(16)8-11(15)4/h7-8H,5-6,9,14H2,1-4H3. The van der Waals surface area contributed by atoms with Crippen molar-refractivity contribution in [1.82, 2.24) is 4.57 Å². The number of pyridine rings is 1. The molecule has 3 heteroatoms. The molecular weight excluding hydrogens is 200 g/mol. The van der Waals surface area contributed by atoms with Gasteiger partial charge in [0.25, 0.3) is 0 Å². The van der Waals surface area contributed by atoms with Gasteiger partial charge in [0.1, 0.15) is 0 Å². The summed E-state index contributed by atoms with van der Waals surface area (Å²) < 4.78 is 2.22. The Balaban J connectivity index is 3.46. The Bertz CT molecular complexity index is 382. The number of aromatic nitrogens is 1. The molecule has 0 atom stereocenters. The fraction of sp³-hybridized carbons (Fsp3) is 0.615. The van der Waals surface area contributed by atoms with Crippen molar-refractivity contribution in [1.29, 1.82) is 0 Å². The number of rotatable bonds is 4. The van der Waals surface area contributed by atoms with Crippen molar-refractivity contribution in [3.63, 3.8) is 0 Å². The first-order chi connectivity index (χ1) is 7.50. The maximum absolute atomic E-state index is 11.4. The van der Waals surface area contributed by atoms with E-state index in [1.165, 1.54) is 0 Å². The lowest BCUT2D eigenvalue weighted by atomic mass is 9.91. The first-order valence-electron chi connectivity index (χ1n) is 5.91. The van der Waals surface area contributed by atoms with Gasteiger partial charge in [0.05, 0.1) is 5.54 Å². The van der Waals surface area contributed by atoms with Crippen LogP contribution < -0.4 is 11.2 Å². The van der Waals surface area contributed by atoms with E-state index in [1.54, 1.807) is 12.1 Å². The molecule has 90 valence electrons. The summed E-state index contributed by atoms with van der Waals surface area (Å²) in [5, 5.41) is 0. The van der Waals surface area contributed by atoms with Crippen molar-refractivity contribution in [3.05, 3.63) is 33.7 Å². The molecule has 0 fully saturated rings. The summed E-state index contributed by atoms with van der Waals surface area (Å²) in [6, 6.07) is 3.37. The summed E-state index contributed by atoms with van der Waals surface area (Å²) in [4.78, 5) is 11.4. The van der Waals surface area contributed by atoms with E-state index in [9.17, 15) is 4.79 Å². The molecule has 1 aromatic rings. The molecule has 0 saturated heterocycles. The summed E-state index contributed by atoms with van der Waals surface area (Å²) in [5.74, 6) is 0. The number of nitrogens with zero attached hydrogens (tertiary/aromatic N) is 1. The molecule has 1 heterocycles. The van der Waals surface area contributed by atoms with Crippen LogP contribution in [0.25, 0.3) is 0 Å². The minimum atomic E-state index is -0.0537. The molecule has 0 aromatic carbocycles. The van der Waals surface area contributed by atoms with Crippen LogP contribution in [0.5, 0.6) is 0 Å². The maximum atomic E-state index is 11.4. The maximum Gasteiger partial charge on any atom is 0.182 e. The van der Waals surface area contributed by atoms with Gasteiger partial charge < -0.3 is 10.3 Å². The van der Waals surface area contributed by atoms with E-state index in [0.717, 1.165) is 24.2 Å². The van der Waals surface area contributed by atoms with Crippen molar-refractivity contribution in [3.8, 4) is 0 Å². The zero-order valence-corrected chi connectivity index (χ0v) is 10.7. The molecule has 0 spiro atoms. The molecule has 0 bridgehead atoms. The fourth-order valence-corrected chi connectivity index (χ4v) is 2.56. The Labute approximate surface area is 97.3 Å². The molecule has 0 aliphatic rings. The minimum Gasteiger partial charge on any atom is -0.342 e. The molecule has 1 rings (SSSR count). The van der Waals surface area contributed by atoms with Gasteiger partial charge >= 0.3 is 0 Å². The molecule has 2 N–H and O–H groups in total. The van der Waals surface area contributed by atoms with E-state index >= 15 is 0 Å². The molecule has 16 heavy (non-hydrogen) atoms. The number of aryl methyl sites for hydroxylation is 2. The molecule has 0 saturated carbocycles. The van der Waals surface area contributed by atoms with Crippen molar-refractivity contribution < 1.29 is 0 Å². The molecule has 0 radical (unpaired) electrons. The van der Waals surface area contributed by atoms with Crippen molar-refractivity contribution in [2.24, 2.45) is 5.73 Å². The van der Waals surface area contributed by atoms with Gasteiger partial charge in [-0.2, -0.15) is 0 Å². The quantitative estimate of drug-likeness (QED) is 0.846. The lowest BCUT2D eigenvalue weighted by molar-refractivity contribution is 0.260. The van der Waals surface area contributed by atoms with Crippen LogP contribution in [0, 0.1) is 13.8 Å². The molecular formula is C13H22N2O. The van der Waals surface area contributed by atoms with Gasteiger partial charge in [0.2, 0.25) is 0 Å². The first kappa shape index (κ1) is 13.0. The minimum absolute atomic E-state index is 0.0537. The fourth-order valence-electron chi connectivity index (χ4n) is 2.56. The molecule has 0 aliphatic heterocycles. The van der Waals surface area contributed by atoms with Gasteiger partial charge in [-0.15, -0.1) is 0 Å². The van der Waals surface area contributed by atoms with Crippen LogP contribution in [0.4, 0.5) is 0 Å². The smallest absolute Gasteiger partial charge is 0.182 e. The van der Waals surface area contributed by atoms with E-state index in [2.05, 4.69) is 18.4 Å². The zero-order chi connectivity index (χ0) is 12.3. The highest BCUT2D eigenvalue weighted by Gasteiger charge is 2.28. The second kappa shape index (κ2) is 4.83. The van der Waals surface area contributed by atoms with E-state index in [-0.39, 0.29) is 11.0 Å². The van der Waals surface area contributed by atoms with E-state index < -0.39 is 0 Å². The monoisotopic (exact) mass is 222 g/mol. The van der Waals surface area contributed by atoms with E-state index in [4.69, 9.17) is 5.73 Å². The average Bonchev–Trinajstić information content (AvgIpc) is 2.23. The summed E-state index contributed by atoms with van der Waals surface area (Å²) in [6.07, 6.45) is 1.95. The number of hydrogen-bond donors (Lipinski definition) is 1. The number of hydrogen-bond acceptors (Lipinski definition) is 2. The Morgan fingerprint density at radius 3 is 1.94 bits per heavy atom. The molecule has 1 aromatic heterocycles. The third-order valence-corrected chi connectivity index (χ3v) is 3.58. The first-order valence-corrected chi connectivity index (χ1v) is 5.91. The number of nitrogens with two attached hydrogens (primary N) is 1. The van der Waals surface area contributed by atoms with E-state index in [1.807, 2.05) is 13.8 Å². The lowest BCUT2D eigenvalue weighted by Crippen LogP contribution is -2.42. The van der Waals surface area contributed by atoms with Crippen molar-refractivity contribution in [2.75, 3.05) is 6.54 Å².